The van der Waals surface area contributed by atoms with E-state index in [2.05, 4.69) is 17.1 Å². The summed E-state index contributed by atoms with van der Waals surface area (Å²) in [7, 11) is 0. The molecule has 0 unspecified atom stereocenters. The molecule has 0 N–H and O–H groups in total. The minimum atomic E-state index is 0.00199. The molecule has 5 aromatic rings. The second kappa shape index (κ2) is 9.47. The Bertz CT molecular complexity index is 1580. The third-order valence-corrected chi connectivity index (χ3v) is 7.49. The summed E-state index contributed by atoms with van der Waals surface area (Å²) in [5, 5.41) is 1.96. The highest BCUT2D eigenvalue weighted by atomic mass is 32.2. The molecule has 1 aliphatic rings. The minimum Gasteiger partial charge on any atom is -0.467 e. The number of rotatable bonds is 7. The molecule has 0 saturated heterocycles. The minimum absolute atomic E-state index is 0.00199. The van der Waals surface area contributed by atoms with Crippen molar-refractivity contribution in [1.82, 2.24) is 9.88 Å². The van der Waals surface area contributed by atoms with E-state index in [4.69, 9.17) is 4.42 Å². The Hall–Kier alpha value is -4.16. The van der Waals surface area contributed by atoms with E-state index >= 15 is 0 Å². The van der Waals surface area contributed by atoms with Crippen molar-refractivity contribution >= 4 is 34.2 Å². The number of carbonyl (C=O) groups excluding carboxylic acids is 2. The van der Waals surface area contributed by atoms with Gasteiger partial charge in [0.05, 0.1) is 18.6 Å². The van der Waals surface area contributed by atoms with Crippen molar-refractivity contribution in [3.05, 3.63) is 120 Å². The predicted molar refractivity (Wildman–Crippen MR) is 141 cm³/mol. The number of amides is 1. The lowest BCUT2D eigenvalue weighted by molar-refractivity contribution is -0.129. The average molecular weight is 491 g/mol. The summed E-state index contributed by atoms with van der Waals surface area (Å²) in [6, 6.07) is 25.3. The highest BCUT2D eigenvalue weighted by Crippen LogP contribution is 2.42. The van der Waals surface area contributed by atoms with Gasteiger partial charge in [0.2, 0.25) is 5.91 Å². The van der Waals surface area contributed by atoms with Crippen molar-refractivity contribution in [3.63, 3.8) is 0 Å². The van der Waals surface area contributed by atoms with Gasteiger partial charge in [-0.05, 0) is 46.3 Å². The topological polar surface area (TPSA) is 63.4 Å². The molecule has 0 saturated carbocycles. The summed E-state index contributed by atoms with van der Waals surface area (Å²) in [4.78, 5) is 33.5. The fourth-order valence-corrected chi connectivity index (χ4v) is 5.70. The molecule has 176 valence electrons. The number of carbonyl (C=O) groups is 2. The lowest BCUT2D eigenvalue weighted by atomic mass is 9.83. The van der Waals surface area contributed by atoms with Gasteiger partial charge in [0.25, 0.3) is 0 Å². The van der Waals surface area contributed by atoms with Crippen LogP contribution >= 0.6 is 11.8 Å². The van der Waals surface area contributed by atoms with E-state index < -0.39 is 0 Å². The molecule has 36 heavy (non-hydrogen) atoms. The summed E-state index contributed by atoms with van der Waals surface area (Å²) in [6.07, 6.45) is 5.11. The molecular formula is C30H22N2O3S. The maximum atomic E-state index is 13.4. The van der Waals surface area contributed by atoms with Crippen LogP contribution in [-0.2, 0) is 17.9 Å². The fourth-order valence-electron chi connectivity index (χ4n) is 4.75. The monoisotopic (exact) mass is 490 g/mol. The number of hydrogen-bond donors (Lipinski definition) is 0. The van der Waals surface area contributed by atoms with Crippen molar-refractivity contribution in [2.24, 2.45) is 0 Å². The summed E-state index contributed by atoms with van der Waals surface area (Å²) in [6.45, 7) is 0.833. The zero-order valence-electron chi connectivity index (χ0n) is 19.4. The van der Waals surface area contributed by atoms with E-state index in [0.717, 1.165) is 43.7 Å². The lowest BCUT2D eigenvalue weighted by Crippen LogP contribution is -2.31. The summed E-state index contributed by atoms with van der Waals surface area (Å²) in [5.41, 5.74) is 4.42. The number of nitrogens with zero attached hydrogens (tertiary/aromatic N) is 2. The number of fused-ring (bicyclic) bond motifs is 2. The number of ketones is 1. The molecule has 0 atom stereocenters. The quantitative estimate of drug-likeness (QED) is 0.244. The zero-order chi connectivity index (χ0) is 24.5. The Morgan fingerprint density at radius 2 is 1.69 bits per heavy atom. The molecule has 0 spiro atoms. The van der Waals surface area contributed by atoms with Gasteiger partial charge in [0, 0.05) is 40.3 Å². The number of aromatic nitrogens is 1. The molecule has 2 heterocycles. The Morgan fingerprint density at radius 1 is 0.833 bits per heavy atom. The lowest BCUT2D eigenvalue weighted by Gasteiger charge is -2.23. The molecule has 2 aromatic heterocycles. The van der Waals surface area contributed by atoms with Gasteiger partial charge in [-0.2, -0.15) is 0 Å². The zero-order valence-corrected chi connectivity index (χ0v) is 20.2. The van der Waals surface area contributed by atoms with Crippen molar-refractivity contribution in [3.8, 4) is 11.1 Å². The van der Waals surface area contributed by atoms with Gasteiger partial charge >= 0.3 is 0 Å². The Balaban J connectivity index is 1.29. The standard InChI is InChI=1S/C30H22N2O3S/c33-28(32(18-21-7-5-15-35-21)17-20-6-4-14-31-16-20)19-36-27-13-12-23-22-8-1-2-9-24(22)30(34)26-11-3-10-25(27)29(23)26/h1-16H,17-19H2. The van der Waals surface area contributed by atoms with Crippen molar-refractivity contribution < 1.29 is 14.0 Å². The molecule has 0 bridgehead atoms. The van der Waals surface area contributed by atoms with E-state index in [9.17, 15) is 9.59 Å². The largest absolute Gasteiger partial charge is 0.467 e. The molecule has 0 radical (unpaired) electrons. The highest BCUT2D eigenvalue weighted by Gasteiger charge is 2.26. The van der Waals surface area contributed by atoms with Crippen molar-refractivity contribution in [2.75, 3.05) is 5.75 Å². The molecule has 6 rings (SSSR count). The Kier molecular flexibility index (Phi) is 5.87. The first-order valence-electron chi connectivity index (χ1n) is 11.7. The van der Waals surface area contributed by atoms with Gasteiger partial charge in [0.1, 0.15) is 5.76 Å². The molecule has 3 aromatic carbocycles. The first-order chi connectivity index (χ1) is 17.7. The predicted octanol–water partition coefficient (Wildman–Crippen LogP) is 6.36. The van der Waals surface area contributed by atoms with Crippen LogP contribution in [0, 0.1) is 0 Å². The van der Waals surface area contributed by atoms with Gasteiger partial charge in [0.15, 0.2) is 5.78 Å². The van der Waals surface area contributed by atoms with Gasteiger partial charge in [-0.25, -0.2) is 0 Å². The van der Waals surface area contributed by atoms with Crippen LogP contribution in [0.1, 0.15) is 27.2 Å². The number of pyridine rings is 1. The second-order valence-corrected chi connectivity index (χ2v) is 9.71. The van der Waals surface area contributed by atoms with Crippen LogP contribution in [0.3, 0.4) is 0 Å². The SMILES string of the molecule is O=C1c2ccccc2-c2ccc(SCC(=O)N(Cc3cccnc3)Cc3ccco3)c3cccc1c23. The Labute approximate surface area is 212 Å². The second-order valence-electron chi connectivity index (χ2n) is 8.69. The van der Waals surface area contributed by atoms with Gasteiger partial charge in [-0.3, -0.25) is 14.6 Å². The van der Waals surface area contributed by atoms with Crippen LogP contribution in [-0.4, -0.2) is 27.3 Å². The summed E-state index contributed by atoms with van der Waals surface area (Å²) in [5.74, 6) is 1.05. The normalized spacial score (nSPS) is 11.9. The third-order valence-electron chi connectivity index (χ3n) is 6.43. The van der Waals surface area contributed by atoms with Crippen molar-refractivity contribution in [1.29, 1.82) is 0 Å². The van der Waals surface area contributed by atoms with E-state index in [-0.39, 0.29) is 17.4 Å². The third kappa shape index (κ3) is 4.10. The number of furan rings is 1. The maximum absolute atomic E-state index is 13.4. The van der Waals surface area contributed by atoms with Gasteiger partial charge in [-0.1, -0.05) is 54.6 Å². The Morgan fingerprint density at radius 3 is 2.50 bits per heavy atom. The van der Waals surface area contributed by atoms with Gasteiger partial charge < -0.3 is 9.32 Å². The molecule has 1 aliphatic carbocycles. The maximum Gasteiger partial charge on any atom is 0.233 e. The number of thioether (sulfide) groups is 1. The molecular weight excluding hydrogens is 468 g/mol. The average Bonchev–Trinajstić information content (AvgIpc) is 3.44. The van der Waals surface area contributed by atoms with Crippen molar-refractivity contribution in [2.45, 2.75) is 18.0 Å². The number of hydrogen-bond acceptors (Lipinski definition) is 5. The van der Waals surface area contributed by atoms with Crippen LogP contribution in [0.4, 0.5) is 0 Å². The molecule has 5 nitrogen and oxygen atoms in total. The van der Waals surface area contributed by atoms with E-state index in [0.29, 0.717) is 18.7 Å². The smallest absolute Gasteiger partial charge is 0.233 e. The molecule has 0 aliphatic heterocycles. The highest BCUT2D eigenvalue weighted by molar-refractivity contribution is 8.00. The van der Waals surface area contributed by atoms with Crippen LogP contribution in [0.5, 0.6) is 0 Å². The van der Waals surface area contributed by atoms with Crippen LogP contribution in [0.2, 0.25) is 0 Å². The number of benzene rings is 3. The summed E-state index contributed by atoms with van der Waals surface area (Å²) < 4.78 is 5.51. The fraction of sp³-hybridized carbons (Fsp3) is 0.100. The van der Waals surface area contributed by atoms with Crippen LogP contribution in [0.25, 0.3) is 21.9 Å². The molecule has 0 fully saturated rings. The van der Waals surface area contributed by atoms with Gasteiger partial charge in [-0.15, -0.1) is 11.8 Å². The molecule has 6 heteroatoms. The first kappa shape index (κ1) is 22.3. The van der Waals surface area contributed by atoms with E-state index in [1.165, 1.54) is 11.8 Å². The summed E-state index contributed by atoms with van der Waals surface area (Å²) >= 11 is 1.50. The first-order valence-corrected chi connectivity index (χ1v) is 12.7. The van der Waals surface area contributed by atoms with Crippen LogP contribution < -0.4 is 0 Å². The van der Waals surface area contributed by atoms with E-state index in [1.54, 1.807) is 23.6 Å². The van der Waals surface area contributed by atoms with Crippen LogP contribution in [0.15, 0.2) is 107 Å². The molecule has 1 amide bonds. The van der Waals surface area contributed by atoms with E-state index in [1.807, 2.05) is 66.7 Å².